The molecule has 98 valence electrons. The van der Waals surface area contributed by atoms with Crippen LogP contribution in [0.15, 0.2) is 46.2 Å². The van der Waals surface area contributed by atoms with E-state index in [0.717, 1.165) is 17.9 Å². The molecular formula is C16H17NOS. The van der Waals surface area contributed by atoms with Crippen LogP contribution in [0.25, 0.3) is 0 Å². The van der Waals surface area contributed by atoms with Crippen molar-refractivity contribution in [2.24, 2.45) is 0 Å². The van der Waals surface area contributed by atoms with Crippen molar-refractivity contribution in [3.8, 4) is 5.75 Å². The highest BCUT2D eigenvalue weighted by molar-refractivity contribution is 7.99. The maximum absolute atomic E-state index is 5.50. The average Bonchev–Trinajstić information content (AvgIpc) is 2.46. The van der Waals surface area contributed by atoms with Crippen molar-refractivity contribution >= 4 is 23.1 Å². The quantitative estimate of drug-likeness (QED) is 0.798. The number of benzene rings is 2. The zero-order valence-corrected chi connectivity index (χ0v) is 12.3. The number of rotatable bonds is 2. The molecule has 2 nitrogen and oxygen atoms in total. The van der Waals surface area contributed by atoms with Gasteiger partial charge in [0.15, 0.2) is 0 Å². The maximum Gasteiger partial charge on any atom is 0.143 e. The van der Waals surface area contributed by atoms with Gasteiger partial charge in [0, 0.05) is 16.8 Å². The van der Waals surface area contributed by atoms with Crippen LogP contribution in [0.2, 0.25) is 0 Å². The molecule has 0 saturated carbocycles. The summed E-state index contributed by atoms with van der Waals surface area (Å²) >= 11 is 1.85. The van der Waals surface area contributed by atoms with Crippen molar-refractivity contribution < 1.29 is 4.74 Å². The van der Waals surface area contributed by atoms with Gasteiger partial charge in [-0.15, -0.1) is 0 Å². The molecule has 0 fully saturated rings. The Morgan fingerprint density at radius 1 is 1.16 bits per heavy atom. The normalized spacial score (nSPS) is 12.9. The van der Waals surface area contributed by atoms with Crippen LogP contribution < -0.4 is 9.64 Å². The molecular weight excluding hydrogens is 254 g/mol. The number of anilines is 2. The van der Waals surface area contributed by atoms with Crippen molar-refractivity contribution in [1.29, 1.82) is 0 Å². The summed E-state index contributed by atoms with van der Waals surface area (Å²) in [5.74, 6) is 0.931. The number of para-hydroxylation sites is 1. The SMILES string of the molecule is CCc1cccc2c1Sc1cccc(OC)c1N2C. The molecule has 3 rings (SSSR count). The number of hydrogen-bond donors (Lipinski definition) is 0. The molecule has 0 amide bonds. The Balaban J connectivity index is 2.20. The lowest BCUT2D eigenvalue weighted by molar-refractivity contribution is 0.414. The lowest BCUT2D eigenvalue weighted by Gasteiger charge is -2.31. The second-order valence-electron chi connectivity index (χ2n) is 4.59. The van der Waals surface area contributed by atoms with Gasteiger partial charge in [0.2, 0.25) is 0 Å². The largest absolute Gasteiger partial charge is 0.495 e. The number of nitrogens with zero attached hydrogens (tertiary/aromatic N) is 1. The molecule has 19 heavy (non-hydrogen) atoms. The van der Waals surface area contributed by atoms with E-state index in [4.69, 9.17) is 4.74 Å². The van der Waals surface area contributed by atoms with Crippen molar-refractivity contribution in [3.63, 3.8) is 0 Å². The molecule has 1 aliphatic rings. The lowest BCUT2D eigenvalue weighted by Crippen LogP contribution is -2.16. The van der Waals surface area contributed by atoms with Crippen LogP contribution in [0.4, 0.5) is 11.4 Å². The topological polar surface area (TPSA) is 12.5 Å². The molecule has 2 aromatic rings. The molecule has 0 atom stereocenters. The fourth-order valence-electron chi connectivity index (χ4n) is 2.54. The first-order valence-electron chi connectivity index (χ1n) is 6.46. The van der Waals surface area contributed by atoms with Gasteiger partial charge in [0.05, 0.1) is 18.5 Å². The van der Waals surface area contributed by atoms with Gasteiger partial charge in [-0.1, -0.05) is 36.9 Å². The van der Waals surface area contributed by atoms with Gasteiger partial charge < -0.3 is 9.64 Å². The van der Waals surface area contributed by atoms with Gasteiger partial charge in [0.25, 0.3) is 0 Å². The first-order valence-corrected chi connectivity index (χ1v) is 7.28. The highest BCUT2D eigenvalue weighted by Gasteiger charge is 2.25. The van der Waals surface area contributed by atoms with Gasteiger partial charge >= 0.3 is 0 Å². The predicted molar refractivity (Wildman–Crippen MR) is 81.0 cm³/mol. The van der Waals surface area contributed by atoms with Crippen LogP contribution in [0.3, 0.4) is 0 Å². The minimum absolute atomic E-state index is 0.931. The summed E-state index contributed by atoms with van der Waals surface area (Å²) in [6.45, 7) is 2.21. The number of aryl methyl sites for hydroxylation is 1. The average molecular weight is 271 g/mol. The molecule has 2 aromatic carbocycles. The molecule has 0 unspecified atom stereocenters. The molecule has 0 aliphatic carbocycles. The lowest BCUT2D eigenvalue weighted by atomic mass is 10.1. The Morgan fingerprint density at radius 2 is 1.95 bits per heavy atom. The molecule has 0 bridgehead atoms. The fourth-order valence-corrected chi connectivity index (χ4v) is 3.90. The number of hydrogen-bond acceptors (Lipinski definition) is 3. The second-order valence-corrected chi connectivity index (χ2v) is 5.64. The minimum atomic E-state index is 0.931. The molecule has 0 N–H and O–H groups in total. The van der Waals surface area contributed by atoms with Gasteiger partial charge in [-0.2, -0.15) is 0 Å². The Morgan fingerprint density at radius 3 is 2.68 bits per heavy atom. The second kappa shape index (κ2) is 4.82. The maximum atomic E-state index is 5.50. The summed E-state index contributed by atoms with van der Waals surface area (Å²) in [6.07, 6.45) is 1.06. The summed E-state index contributed by atoms with van der Waals surface area (Å²) in [5, 5.41) is 0. The van der Waals surface area contributed by atoms with Gasteiger partial charge in [-0.3, -0.25) is 0 Å². The van der Waals surface area contributed by atoms with Crippen LogP contribution >= 0.6 is 11.8 Å². The van der Waals surface area contributed by atoms with E-state index in [2.05, 4.69) is 49.2 Å². The monoisotopic (exact) mass is 271 g/mol. The molecule has 1 aliphatic heterocycles. The van der Waals surface area contributed by atoms with E-state index in [1.54, 1.807) is 7.11 Å². The van der Waals surface area contributed by atoms with Crippen LogP contribution in [0, 0.1) is 0 Å². The fraction of sp³-hybridized carbons (Fsp3) is 0.250. The zero-order chi connectivity index (χ0) is 13.4. The van der Waals surface area contributed by atoms with Gasteiger partial charge in [-0.25, -0.2) is 0 Å². The van der Waals surface area contributed by atoms with Crippen molar-refractivity contribution in [1.82, 2.24) is 0 Å². The van der Waals surface area contributed by atoms with Crippen LogP contribution in [0.1, 0.15) is 12.5 Å². The van der Waals surface area contributed by atoms with E-state index >= 15 is 0 Å². The first-order chi connectivity index (χ1) is 9.26. The summed E-state index contributed by atoms with van der Waals surface area (Å²) in [7, 11) is 3.84. The van der Waals surface area contributed by atoms with Crippen molar-refractivity contribution in [3.05, 3.63) is 42.0 Å². The van der Waals surface area contributed by atoms with E-state index in [-0.39, 0.29) is 0 Å². The summed E-state index contributed by atoms with van der Waals surface area (Å²) in [6, 6.07) is 12.8. The summed E-state index contributed by atoms with van der Waals surface area (Å²) in [5.41, 5.74) is 3.83. The molecule has 3 heteroatoms. The Kier molecular flexibility index (Phi) is 3.15. The van der Waals surface area contributed by atoms with E-state index in [1.807, 2.05) is 17.8 Å². The molecule has 0 radical (unpaired) electrons. The summed E-state index contributed by atoms with van der Waals surface area (Å²) < 4.78 is 5.50. The predicted octanol–water partition coefficient (Wildman–Crippen LogP) is 4.49. The van der Waals surface area contributed by atoms with Crippen LogP contribution in [-0.4, -0.2) is 14.2 Å². The van der Waals surface area contributed by atoms with Crippen molar-refractivity contribution in [2.45, 2.75) is 23.1 Å². The molecule has 0 aromatic heterocycles. The summed E-state index contributed by atoms with van der Waals surface area (Å²) in [4.78, 5) is 4.86. The van der Waals surface area contributed by atoms with E-state index in [0.29, 0.717) is 0 Å². The Bertz CT molecular complexity index is 624. The highest BCUT2D eigenvalue weighted by Crippen LogP contribution is 2.51. The van der Waals surface area contributed by atoms with Gasteiger partial charge in [-0.05, 0) is 30.2 Å². The Labute approximate surface area is 118 Å². The van der Waals surface area contributed by atoms with E-state index in [9.17, 15) is 0 Å². The standard InChI is InChI=1S/C16H17NOS/c1-4-11-7-5-8-12-16(11)19-14-10-6-9-13(18-3)15(14)17(12)2/h5-10H,4H2,1-3H3. The van der Waals surface area contributed by atoms with E-state index in [1.165, 1.54) is 21.0 Å². The molecule has 0 saturated heterocycles. The number of ether oxygens (including phenoxy) is 1. The number of methoxy groups -OCH3 is 1. The third-order valence-electron chi connectivity index (χ3n) is 3.55. The minimum Gasteiger partial charge on any atom is -0.495 e. The van der Waals surface area contributed by atoms with Crippen LogP contribution in [0.5, 0.6) is 5.75 Å². The molecule has 0 spiro atoms. The number of fused-ring (bicyclic) bond motifs is 2. The first kappa shape index (κ1) is 12.4. The smallest absolute Gasteiger partial charge is 0.143 e. The van der Waals surface area contributed by atoms with Crippen molar-refractivity contribution in [2.75, 3.05) is 19.1 Å². The van der Waals surface area contributed by atoms with Crippen LogP contribution in [-0.2, 0) is 6.42 Å². The zero-order valence-electron chi connectivity index (χ0n) is 11.4. The van der Waals surface area contributed by atoms with Gasteiger partial charge in [0.1, 0.15) is 5.75 Å². The third kappa shape index (κ3) is 1.89. The van der Waals surface area contributed by atoms with E-state index < -0.39 is 0 Å². The Hall–Kier alpha value is -1.61. The third-order valence-corrected chi connectivity index (χ3v) is 4.77. The molecule has 1 heterocycles. The highest BCUT2D eigenvalue weighted by atomic mass is 32.2.